The Morgan fingerprint density at radius 3 is 2.61 bits per heavy atom. The molecule has 3 atom stereocenters. The Morgan fingerprint density at radius 2 is 1.74 bits per heavy atom. The number of nitrogens with zero attached hydrogens (tertiary/aromatic N) is 1. The van der Waals surface area contributed by atoms with Gasteiger partial charge in [-0.2, -0.15) is 0 Å². The molecule has 6 rings (SSSR count). The van der Waals surface area contributed by atoms with Gasteiger partial charge in [0, 0.05) is 46.8 Å². The molecule has 4 nitrogen and oxygen atoms in total. The summed E-state index contributed by atoms with van der Waals surface area (Å²) in [7, 11) is 0. The van der Waals surface area contributed by atoms with E-state index in [1.807, 2.05) is 0 Å². The van der Waals surface area contributed by atoms with Crippen molar-refractivity contribution in [1.29, 1.82) is 0 Å². The summed E-state index contributed by atoms with van der Waals surface area (Å²) in [5.74, 6) is 0. The second kappa shape index (κ2) is 6.60. The summed E-state index contributed by atoms with van der Waals surface area (Å²) in [6.07, 6.45) is 2.53. The predicted molar refractivity (Wildman–Crippen MR) is 129 cm³/mol. The first-order chi connectivity index (χ1) is 14.8. The van der Waals surface area contributed by atoms with Crippen molar-refractivity contribution in [2.45, 2.75) is 64.2 Å². The van der Waals surface area contributed by atoms with Crippen molar-refractivity contribution >= 4 is 16.6 Å². The Morgan fingerprint density at radius 1 is 0.968 bits per heavy atom. The molecule has 0 aliphatic carbocycles. The lowest BCUT2D eigenvalue weighted by Gasteiger charge is -2.44. The first-order valence-corrected chi connectivity index (χ1v) is 11.8. The van der Waals surface area contributed by atoms with Crippen LogP contribution in [-0.2, 0) is 11.8 Å². The van der Waals surface area contributed by atoms with Crippen LogP contribution in [-0.4, -0.2) is 35.2 Å². The Balaban J connectivity index is 1.49. The van der Waals surface area contributed by atoms with Crippen LogP contribution in [0.1, 0.15) is 57.0 Å². The number of fused-ring (bicyclic) bond motifs is 10. The quantitative estimate of drug-likeness (QED) is 0.475. The highest BCUT2D eigenvalue weighted by molar-refractivity contribution is 5.86. The molecule has 0 radical (unpaired) electrons. The van der Waals surface area contributed by atoms with Gasteiger partial charge in [-0.3, -0.25) is 4.90 Å². The molecule has 4 heteroatoms. The number of aromatic amines is 1. The lowest BCUT2D eigenvalue weighted by molar-refractivity contribution is 0.137. The Hall–Kier alpha value is -2.30. The molecule has 162 valence electrons. The molecule has 0 amide bonds. The monoisotopic (exact) mass is 414 g/mol. The van der Waals surface area contributed by atoms with Gasteiger partial charge in [0.15, 0.2) is 0 Å². The van der Waals surface area contributed by atoms with Gasteiger partial charge in [-0.15, -0.1) is 0 Å². The largest absolute Gasteiger partial charge is 0.369 e. The molecule has 3 N–H and O–H groups in total. The Bertz CT molecular complexity index is 1140. The van der Waals surface area contributed by atoms with E-state index in [1.165, 1.54) is 33.4 Å². The normalized spacial score (nSPS) is 29.0. The third-order valence-corrected chi connectivity index (χ3v) is 7.75. The number of benzene rings is 2. The molecule has 1 fully saturated rings. The van der Waals surface area contributed by atoms with Crippen molar-refractivity contribution in [3.63, 3.8) is 0 Å². The van der Waals surface area contributed by atoms with Crippen molar-refractivity contribution in [3.05, 3.63) is 65.4 Å². The lowest BCUT2D eigenvalue weighted by Crippen LogP contribution is -2.50. The smallest absolute Gasteiger partial charge is 0.0815 e. The fraction of sp³-hybridized carbons (Fsp3) is 0.481. The van der Waals surface area contributed by atoms with Crippen molar-refractivity contribution in [2.24, 2.45) is 5.41 Å². The average molecular weight is 415 g/mol. The number of aromatic nitrogens is 1. The predicted octanol–water partition coefficient (Wildman–Crippen LogP) is 5.18. The SMILES string of the molecule is CC1(C)CNC2CC(Nc3ccccc3C1)N1CC(C)(C)c3c([nH]c4ccccc34)C21. The van der Waals surface area contributed by atoms with Gasteiger partial charge < -0.3 is 15.6 Å². The lowest BCUT2D eigenvalue weighted by atomic mass is 9.77. The molecule has 3 unspecified atom stereocenters. The van der Waals surface area contributed by atoms with E-state index in [2.05, 4.69) is 96.7 Å². The summed E-state index contributed by atoms with van der Waals surface area (Å²) in [5, 5.41) is 9.38. The molecule has 2 bridgehead atoms. The molecular weight excluding hydrogens is 380 g/mol. The number of H-pyrrole nitrogens is 1. The van der Waals surface area contributed by atoms with Gasteiger partial charge in [-0.25, -0.2) is 0 Å². The molecule has 3 aliphatic heterocycles. The molecule has 0 saturated carbocycles. The summed E-state index contributed by atoms with van der Waals surface area (Å²) in [6.45, 7) is 11.7. The number of hydrogen-bond acceptors (Lipinski definition) is 3. The minimum Gasteiger partial charge on any atom is -0.369 e. The zero-order chi connectivity index (χ0) is 21.4. The van der Waals surface area contributed by atoms with Crippen LogP contribution in [0, 0.1) is 5.41 Å². The van der Waals surface area contributed by atoms with Crippen LogP contribution in [0.25, 0.3) is 10.9 Å². The van der Waals surface area contributed by atoms with Crippen LogP contribution in [0.5, 0.6) is 0 Å². The molecule has 3 aromatic rings. The maximum absolute atomic E-state index is 4.01. The number of anilines is 1. The second-order valence-corrected chi connectivity index (χ2v) is 11.3. The highest BCUT2D eigenvalue weighted by Crippen LogP contribution is 2.49. The standard InChI is InChI=1S/C27H34N4/c1-26(2)14-17-9-5-7-11-19(17)29-22-13-21(28-15-26)25-24-23(27(3,4)16-31(22)25)18-10-6-8-12-20(18)30-24/h5-12,21-22,25,28-30H,13-16H2,1-4H3. The van der Waals surface area contributed by atoms with Crippen LogP contribution < -0.4 is 10.6 Å². The highest BCUT2D eigenvalue weighted by atomic mass is 15.4. The fourth-order valence-corrected chi connectivity index (χ4v) is 6.47. The van der Waals surface area contributed by atoms with E-state index in [-0.39, 0.29) is 10.8 Å². The van der Waals surface area contributed by atoms with E-state index in [0.29, 0.717) is 18.2 Å². The fourth-order valence-electron chi connectivity index (χ4n) is 6.47. The molecule has 1 aromatic heterocycles. The Kier molecular flexibility index (Phi) is 4.13. The summed E-state index contributed by atoms with van der Waals surface area (Å²) in [4.78, 5) is 6.58. The van der Waals surface area contributed by atoms with Crippen molar-refractivity contribution in [3.8, 4) is 0 Å². The van der Waals surface area contributed by atoms with E-state index < -0.39 is 0 Å². The van der Waals surface area contributed by atoms with Gasteiger partial charge in [-0.1, -0.05) is 64.1 Å². The summed E-state index contributed by atoms with van der Waals surface area (Å²) in [6, 6.07) is 18.6. The van der Waals surface area contributed by atoms with Crippen molar-refractivity contribution in [1.82, 2.24) is 15.2 Å². The molecule has 2 aromatic carbocycles. The van der Waals surface area contributed by atoms with E-state index in [4.69, 9.17) is 0 Å². The number of para-hydroxylation sites is 2. The molecule has 1 saturated heterocycles. The van der Waals surface area contributed by atoms with Crippen LogP contribution in [0.3, 0.4) is 0 Å². The summed E-state index contributed by atoms with van der Waals surface area (Å²) >= 11 is 0. The minimum atomic E-state index is 0.0965. The van der Waals surface area contributed by atoms with Crippen molar-refractivity contribution < 1.29 is 0 Å². The summed E-state index contributed by atoms with van der Waals surface area (Å²) in [5.41, 5.74) is 7.25. The topological polar surface area (TPSA) is 43.1 Å². The molecular formula is C27H34N4. The highest BCUT2D eigenvalue weighted by Gasteiger charge is 2.51. The Labute approximate surface area is 185 Å². The third-order valence-electron chi connectivity index (χ3n) is 7.75. The van der Waals surface area contributed by atoms with Gasteiger partial charge in [0.2, 0.25) is 0 Å². The number of rotatable bonds is 0. The third kappa shape index (κ3) is 3.03. The minimum absolute atomic E-state index is 0.0965. The first-order valence-electron chi connectivity index (χ1n) is 11.8. The summed E-state index contributed by atoms with van der Waals surface area (Å²) < 4.78 is 0. The van der Waals surface area contributed by atoms with E-state index >= 15 is 0 Å². The van der Waals surface area contributed by atoms with E-state index in [9.17, 15) is 0 Å². The number of nitrogens with one attached hydrogen (secondary N) is 3. The van der Waals surface area contributed by atoms with Gasteiger partial charge in [0.05, 0.1) is 12.2 Å². The van der Waals surface area contributed by atoms with E-state index in [0.717, 1.165) is 25.9 Å². The zero-order valence-corrected chi connectivity index (χ0v) is 19.1. The van der Waals surface area contributed by atoms with Gasteiger partial charge in [-0.05, 0) is 41.5 Å². The molecule has 31 heavy (non-hydrogen) atoms. The van der Waals surface area contributed by atoms with E-state index in [1.54, 1.807) is 0 Å². The molecule has 4 heterocycles. The van der Waals surface area contributed by atoms with Gasteiger partial charge in [0.1, 0.15) is 0 Å². The zero-order valence-electron chi connectivity index (χ0n) is 19.1. The van der Waals surface area contributed by atoms with Crippen LogP contribution >= 0.6 is 0 Å². The van der Waals surface area contributed by atoms with Gasteiger partial charge >= 0.3 is 0 Å². The maximum atomic E-state index is 4.01. The van der Waals surface area contributed by atoms with Crippen LogP contribution in [0.15, 0.2) is 48.5 Å². The van der Waals surface area contributed by atoms with Gasteiger partial charge in [0.25, 0.3) is 0 Å². The maximum Gasteiger partial charge on any atom is 0.0815 e. The first kappa shape index (κ1) is 19.4. The molecule has 3 aliphatic rings. The average Bonchev–Trinajstić information content (AvgIpc) is 3.26. The second-order valence-electron chi connectivity index (χ2n) is 11.3. The van der Waals surface area contributed by atoms with Crippen LogP contribution in [0.2, 0.25) is 0 Å². The van der Waals surface area contributed by atoms with Crippen LogP contribution in [0.4, 0.5) is 5.69 Å². The van der Waals surface area contributed by atoms with Crippen molar-refractivity contribution in [2.75, 3.05) is 18.4 Å². The number of hydrogen-bond donors (Lipinski definition) is 3. The molecule has 0 spiro atoms.